The molecule has 0 saturated carbocycles. The van der Waals surface area contributed by atoms with Crippen molar-refractivity contribution in [2.75, 3.05) is 13.7 Å². The zero-order chi connectivity index (χ0) is 12.8. The molecule has 0 aliphatic rings. The quantitative estimate of drug-likeness (QED) is 0.704. The van der Waals surface area contributed by atoms with Gasteiger partial charge in [-0.25, -0.2) is 0 Å². The molecule has 1 rings (SSSR count). The van der Waals surface area contributed by atoms with E-state index in [-0.39, 0.29) is 18.4 Å². The van der Waals surface area contributed by atoms with Crippen LogP contribution in [0, 0.1) is 5.92 Å². The third-order valence-electron chi connectivity index (χ3n) is 2.84. The number of phenols is 1. The predicted octanol–water partition coefficient (Wildman–Crippen LogP) is 1.51. The van der Waals surface area contributed by atoms with Gasteiger partial charge in [0.05, 0.1) is 13.7 Å². The fourth-order valence-electron chi connectivity index (χ4n) is 1.58. The van der Waals surface area contributed by atoms with Gasteiger partial charge in [-0.15, -0.1) is 0 Å². The molecule has 17 heavy (non-hydrogen) atoms. The lowest BCUT2D eigenvalue weighted by Gasteiger charge is -2.20. The van der Waals surface area contributed by atoms with Crippen LogP contribution in [-0.4, -0.2) is 30.0 Å². The first-order valence-electron chi connectivity index (χ1n) is 5.78. The number of aliphatic hydroxyl groups excluding tert-OH is 1. The van der Waals surface area contributed by atoms with Crippen molar-refractivity contribution < 1.29 is 14.9 Å². The van der Waals surface area contributed by atoms with Crippen LogP contribution in [0.1, 0.15) is 19.4 Å². The monoisotopic (exact) mass is 239 g/mol. The number of hydrogen-bond donors (Lipinski definition) is 3. The Balaban J connectivity index is 2.67. The number of benzene rings is 1. The molecule has 96 valence electrons. The molecule has 0 saturated heterocycles. The van der Waals surface area contributed by atoms with Crippen molar-refractivity contribution in [2.45, 2.75) is 26.4 Å². The number of nitrogens with one attached hydrogen (secondary N) is 1. The summed E-state index contributed by atoms with van der Waals surface area (Å²) in [7, 11) is 1.59. The molecule has 0 aromatic heterocycles. The Bertz CT molecular complexity index is 353. The predicted molar refractivity (Wildman–Crippen MR) is 67.2 cm³/mol. The molecule has 0 radical (unpaired) electrons. The fourth-order valence-corrected chi connectivity index (χ4v) is 1.58. The Morgan fingerprint density at radius 3 is 2.59 bits per heavy atom. The van der Waals surface area contributed by atoms with E-state index < -0.39 is 0 Å². The maximum absolute atomic E-state index is 9.70. The summed E-state index contributed by atoms with van der Waals surface area (Å²) in [4.78, 5) is 0. The van der Waals surface area contributed by atoms with Gasteiger partial charge < -0.3 is 20.3 Å². The average molecular weight is 239 g/mol. The minimum Gasteiger partial charge on any atom is -0.508 e. The van der Waals surface area contributed by atoms with Crippen LogP contribution in [0.5, 0.6) is 11.5 Å². The van der Waals surface area contributed by atoms with E-state index in [0.29, 0.717) is 18.2 Å². The molecule has 0 aliphatic heterocycles. The average Bonchev–Trinajstić information content (AvgIpc) is 2.31. The largest absolute Gasteiger partial charge is 0.508 e. The normalized spacial score (nSPS) is 12.8. The molecule has 4 nitrogen and oxygen atoms in total. The van der Waals surface area contributed by atoms with Gasteiger partial charge in [-0.2, -0.15) is 0 Å². The Morgan fingerprint density at radius 1 is 1.35 bits per heavy atom. The summed E-state index contributed by atoms with van der Waals surface area (Å²) >= 11 is 0. The van der Waals surface area contributed by atoms with Gasteiger partial charge in [-0.1, -0.05) is 13.8 Å². The van der Waals surface area contributed by atoms with Crippen LogP contribution >= 0.6 is 0 Å². The highest BCUT2D eigenvalue weighted by Gasteiger charge is 2.12. The number of aromatic hydroxyl groups is 1. The smallest absolute Gasteiger partial charge is 0.120 e. The number of ether oxygens (including phenoxy) is 1. The van der Waals surface area contributed by atoms with Crippen molar-refractivity contribution in [2.24, 2.45) is 5.92 Å². The summed E-state index contributed by atoms with van der Waals surface area (Å²) in [6, 6.07) is 5.14. The van der Waals surface area contributed by atoms with E-state index in [1.165, 1.54) is 0 Å². The van der Waals surface area contributed by atoms with Crippen LogP contribution in [0.2, 0.25) is 0 Å². The molecule has 1 unspecified atom stereocenters. The van der Waals surface area contributed by atoms with E-state index in [9.17, 15) is 10.2 Å². The van der Waals surface area contributed by atoms with E-state index >= 15 is 0 Å². The Morgan fingerprint density at radius 2 is 2.06 bits per heavy atom. The minimum atomic E-state index is 0.0283. The molecule has 4 heteroatoms. The molecule has 1 aromatic rings. The topological polar surface area (TPSA) is 61.7 Å². The molecule has 0 bridgehead atoms. The molecule has 0 aliphatic carbocycles. The van der Waals surface area contributed by atoms with Gasteiger partial charge in [0, 0.05) is 18.2 Å². The van der Waals surface area contributed by atoms with Crippen LogP contribution in [0.3, 0.4) is 0 Å². The van der Waals surface area contributed by atoms with Crippen LogP contribution in [0.25, 0.3) is 0 Å². The highest BCUT2D eigenvalue weighted by atomic mass is 16.5. The van der Waals surface area contributed by atoms with Gasteiger partial charge in [0.1, 0.15) is 11.5 Å². The van der Waals surface area contributed by atoms with Crippen molar-refractivity contribution in [3.63, 3.8) is 0 Å². The van der Waals surface area contributed by atoms with Gasteiger partial charge in [0.2, 0.25) is 0 Å². The lowest BCUT2D eigenvalue weighted by molar-refractivity contribution is 0.209. The molecule has 1 aromatic carbocycles. The second kappa shape index (κ2) is 6.47. The van der Waals surface area contributed by atoms with Gasteiger partial charge in [0.25, 0.3) is 0 Å². The van der Waals surface area contributed by atoms with E-state index in [1.54, 1.807) is 25.3 Å². The summed E-state index contributed by atoms with van der Waals surface area (Å²) in [5, 5.41) is 22.1. The van der Waals surface area contributed by atoms with Gasteiger partial charge >= 0.3 is 0 Å². The maximum atomic E-state index is 9.70. The lowest BCUT2D eigenvalue weighted by atomic mass is 10.0. The molecular formula is C13H21NO3. The number of rotatable bonds is 6. The van der Waals surface area contributed by atoms with Crippen LogP contribution in [-0.2, 0) is 6.54 Å². The van der Waals surface area contributed by atoms with Crippen LogP contribution in [0.4, 0.5) is 0 Å². The zero-order valence-electron chi connectivity index (χ0n) is 10.6. The molecule has 0 amide bonds. The number of methoxy groups -OCH3 is 1. The summed E-state index contributed by atoms with van der Waals surface area (Å²) in [6.45, 7) is 4.67. The van der Waals surface area contributed by atoms with Crippen molar-refractivity contribution >= 4 is 0 Å². The zero-order valence-corrected chi connectivity index (χ0v) is 10.6. The molecule has 0 heterocycles. The Kier molecular flexibility index (Phi) is 5.25. The maximum Gasteiger partial charge on any atom is 0.120 e. The van der Waals surface area contributed by atoms with E-state index in [4.69, 9.17) is 4.74 Å². The molecular weight excluding hydrogens is 218 g/mol. The third kappa shape index (κ3) is 3.91. The van der Waals surface area contributed by atoms with Crippen molar-refractivity contribution in [1.29, 1.82) is 0 Å². The first-order valence-corrected chi connectivity index (χ1v) is 5.78. The SMILES string of the molecule is COc1ccc(O)c(CNC(CO)C(C)C)c1. The van der Waals surface area contributed by atoms with E-state index in [0.717, 1.165) is 5.56 Å². The molecule has 0 spiro atoms. The molecule has 0 fully saturated rings. The van der Waals surface area contributed by atoms with Crippen molar-refractivity contribution in [1.82, 2.24) is 5.32 Å². The first-order chi connectivity index (χ1) is 8.08. The minimum absolute atomic E-state index is 0.0283. The van der Waals surface area contributed by atoms with Crippen LogP contribution < -0.4 is 10.1 Å². The van der Waals surface area contributed by atoms with E-state index in [1.807, 2.05) is 13.8 Å². The summed E-state index contributed by atoms with van der Waals surface area (Å²) in [6.07, 6.45) is 0. The summed E-state index contributed by atoms with van der Waals surface area (Å²) in [5.74, 6) is 1.29. The second-order valence-electron chi connectivity index (χ2n) is 4.41. The van der Waals surface area contributed by atoms with Gasteiger partial charge in [-0.05, 0) is 24.1 Å². The number of hydrogen-bond acceptors (Lipinski definition) is 4. The van der Waals surface area contributed by atoms with Gasteiger partial charge in [-0.3, -0.25) is 0 Å². The highest BCUT2D eigenvalue weighted by molar-refractivity contribution is 5.39. The number of aliphatic hydroxyl groups is 1. The summed E-state index contributed by atoms with van der Waals surface area (Å²) in [5.41, 5.74) is 0.767. The first kappa shape index (κ1) is 13.8. The van der Waals surface area contributed by atoms with Crippen molar-refractivity contribution in [3.05, 3.63) is 23.8 Å². The fraction of sp³-hybridized carbons (Fsp3) is 0.538. The molecule has 1 atom stereocenters. The molecule has 3 N–H and O–H groups in total. The van der Waals surface area contributed by atoms with E-state index in [2.05, 4.69) is 5.32 Å². The third-order valence-corrected chi connectivity index (χ3v) is 2.84. The Labute approximate surface area is 102 Å². The number of phenolic OH excluding ortho intramolecular Hbond substituents is 1. The Hall–Kier alpha value is -1.26. The van der Waals surface area contributed by atoms with Crippen molar-refractivity contribution in [3.8, 4) is 11.5 Å². The summed E-state index contributed by atoms with van der Waals surface area (Å²) < 4.78 is 5.10. The standard InChI is InChI=1S/C13H21NO3/c1-9(2)12(8-15)14-7-10-6-11(17-3)4-5-13(10)16/h4-6,9,12,14-16H,7-8H2,1-3H3. The highest BCUT2D eigenvalue weighted by Crippen LogP contribution is 2.22. The second-order valence-corrected chi connectivity index (χ2v) is 4.41. The lowest BCUT2D eigenvalue weighted by Crippen LogP contribution is -2.36. The van der Waals surface area contributed by atoms with Crippen LogP contribution in [0.15, 0.2) is 18.2 Å². The van der Waals surface area contributed by atoms with Gasteiger partial charge in [0.15, 0.2) is 0 Å².